The summed E-state index contributed by atoms with van der Waals surface area (Å²) in [6, 6.07) is 11.0. The molecular weight excluding hydrogens is 293 g/mol. The van der Waals surface area contributed by atoms with Crippen LogP contribution in [-0.2, 0) is 0 Å². The van der Waals surface area contributed by atoms with E-state index in [2.05, 4.69) is 5.32 Å². The molecule has 0 spiro atoms. The zero-order chi connectivity index (χ0) is 15.4. The molecule has 0 saturated heterocycles. The number of aryl methyl sites for hydroxylation is 1. The van der Waals surface area contributed by atoms with Gasteiger partial charge in [-0.3, -0.25) is 4.79 Å². The highest BCUT2D eigenvalue weighted by atomic mass is 35.5. The number of aliphatic hydroxyl groups is 1. The minimum absolute atomic E-state index is 0.00617. The van der Waals surface area contributed by atoms with Gasteiger partial charge in [-0.2, -0.15) is 0 Å². The van der Waals surface area contributed by atoms with Crippen LogP contribution < -0.4 is 5.32 Å². The molecule has 21 heavy (non-hydrogen) atoms. The fourth-order valence-electron chi connectivity index (χ4n) is 1.89. The van der Waals surface area contributed by atoms with E-state index in [1.807, 2.05) is 0 Å². The van der Waals surface area contributed by atoms with Gasteiger partial charge in [0.25, 0.3) is 5.91 Å². The Balaban J connectivity index is 1.99. The molecule has 0 fully saturated rings. The number of rotatable bonds is 4. The largest absolute Gasteiger partial charge is 0.387 e. The molecule has 0 bridgehead atoms. The van der Waals surface area contributed by atoms with Crippen molar-refractivity contribution in [3.63, 3.8) is 0 Å². The lowest BCUT2D eigenvalue weighted by Gasteiger charge is -2.13. The fraction of sp³-hybridized carbons (Fsp3) is 0.188. The van der Waals surface area contributed by atoms with E-state index in [0.29, 0.717) is 10.6 Å². The topological polar surface area (TPSA) is 49.3 Å². The molecule has 1 unspecified atom stereocenters. The first-order valence-corrected chi connectivity index (χ1v) is 6.83. The maximum absolute atomic E-state index is 13.7. The second kappa shape index (κ2) is 6.70. The SMILES string of the molecule is Cc1ccc(C(=O)NCC(O)c2ccc(Cl)cc2)c(F)c1. The first-order valence-electron chi connectivity index (χ1n) is 6.45. The Morgan fingerprint density at radius 1 is 1.29 bits per heavy atom. The highest BCUT2D eigenvalue weighted by Gasteiger charge is 2.14. The molecule has 0 radical (unpaired) electrons. The van der Waals surface area contributed by atoms with Crippen LogP contribution in [0.25, 0.3) is 0 Å². The van der Waals surface area contributed by atoms with Crippen molar-refractivity contribution in [3.05, 3.63) is 70.0 Å². The van der Waals surface area contributed by atoms with Crippen LogP contribution in [0.15, 0.2) is 42.5 Å². The summed E-state index contributed by atoms with van der Waals surface area (Å²) in [4.78, 5) is 11.9. The molecule has 2 aromatic carbocycles. The van der Waals surface area contributed by atoms with Gasteiger partial charge in [0.2, 0.25) is 0 Å². The number of hydrogen-bond donors (Lipinski definition) is 2. The summed E-state index contributed by atoms with van der Waals surface area (Å²) >= 11 is 5.76. The van der Waals surface area contributed by atoms with Gasteiger partial charge in [0.05, 0.1) is 11.7 Å². The summed E-state index contributed by atoms with van der Waals surface area (Å²) in [5.41, 5.74) is 1.33. The summed E-state index contributed by atoms with van der Waals surface area (Å²) in [5, 5.41) is 13.0. The maximum atomic E-state index is 13.7. The lowest BCUT2D eigenvalue weighted by Crippen LogP contribution is -2.29. The Labute approximate surface area is 127 Å². The van der Waals surface area contributed by atoms with Gasteiger partial charge in [-0.25, -0.2) is 4.39 Å². The molecular formula is C16H15ClFNO2. The van der Waals surface area contributed by atoms with Gasteiger partial charge in [0.15, 0.2) is 0 Å². The third kappa shape index (κ3) is 4.03. The molecule has 0 heterocycles. The molecule has 0 saturated carbocycles. The zero-order valence-electron chi connectivity index (χ0n) is 11.4. The molecule has 0 aliphatic rings. The lowest BCUT2D eigenvalue weighted by atomic mass is 10.1. The molecule has 1 amide bonds. The standard InChI is InChI=1S/C16H15ClFNO2/c1-10-2-7-13(14(18)8-10)16(21)19-9-15(20)11-3-5-12(17)6-4-11/h2-8,15,20H,9H2,1H3,(H,19,21). The molecule has 0 aliphatic heterocycles. The van der Waals surface area contributed by atoms with Crippen LogP contribution in [0.5, 0.6) is 0 Å². The molecule has 110 valence electrons. The minimum Gasteiger partial charge on any atom is -0.387 e. The number of carbonyl (C=O) groups excluding carboxylic acids is 1. The van der Waals surface area contributed by atoms with E-state index in [1.54, 1.807) is 37.3 Å². The molecule has 2 aromatic rings. The Morgan fingerprint density at radius 3 is 2.57 bits per heavy atom. The molecule has 3 nitrogen and oxygen atoms in total. The summed E-state index contributed by atoms with van der Waals surface area (Å²) in [7, 11) is 0. The van der Waals surface area contributed by atoms with E-state index in [9.17, 15) is 14.3 Å². The smallest absolute Gasteiger partial charge is 0.254 e. The average molecular weight is 308 g/mol. The molecule has 5 heteroatoms. The molecule has 0 aromatic heterocycles. The number of benzene rings is 2. The zero-order valence-corrected chi connectivity index (χ0v) is 12.2. The quantitative estimate of drug-likeness (QED) is 0.911. The van der Waals surface area contributed by atoms with Crippen molar-refractivity contribution in [1.29, 1.82) is 0 Å². The van der Waals surface area contributed by atoms with Gasteiger partial charge in [-0.15, -0.1) is 0 Å². The number of hydrogen-bond acceptors (Lipinski definition) is 2. The first-order chi connectivity index (χ1) is 9.97. The van der Waals surface area contributed by atoms with Gasteiger partial charge in [-0.05, 0) is 42.3 Å². The van der Waals surface area contributed by atoms with Gasteiger partial charge in [-0.1, -0.05) is 29.8 Å². The predicted molar refractivity (Wildman–Crippen MR) is 79.9 cm³/mol. The van der Waals surface area contributed by atoms with Crippen LogP contribution >= 0.6 is 11.6 Å². The van der Waals surface area contributed by atoms with Crippen LogP contribution in [0.2, 0.25) is 5.02 Å². The van der Waals surface area contributed by atoms with Crippen LogP contribution in [0.1, 0.15) is 27.6 Å². The van der Waals surface area contributed by atoms with Crippen molar-refractivity contribution in [2.45, 2.75) is 13.0 Å². The predicted octanol–water partition coefficient (Wildman–Crippen LogP) is 3.25. The van der Waals surface area contributed by atoms with Crippen LogP contribution in [-0.4, -0.2) is 17.6 Å². The van der Waals surface area contributed by atoms with Crippen molar-refractivity contribution in [1.82, 2.24) is 5.32 Å². The summed E-state index contributed by atoms with van der Waals surface area (Å²) in [5.74, 6) is -1.13. The fourth-order valence-corrected chi connectivity index (χ4v) is 2.02. The van der Waals surface area contributed by atoms with E-state index in [0.717, 1.165) is 5.56 Å². The van der Waals surface area contributed by atoms with Gasteiger partial charge >= 0.3 is 0 Å². The second-order valence-electron chi connectivity index (χ2n) is 4.76. The Hall–Kier alpha value is -1.91. The molecule has 2 N–H and O–H groups in total. The summed E-state index contributed by atoms with van der Waals surface area (Å²) in [6.45, 7) is 1.74. The van der Waals surface area contributed by atoms with E-state index < -0.39 is 17.8 Å². The van der Waals surface area contributed by atoms with Crippen LogP contribution in [0.3, 0.4) is 0 Å². The monoisotopic (exact) mass is 307 g/mol. The minimum atomic E-state index is -0.875. The highest BCUT2D eigenvalue weighted by molar-refractivity contribution is 6.30. The molecule has 1 atom stereocenters. The van der Waals surface area contributed by atoms with E-state index >= 15 is 0 Å². The van der Waals surface area contributed by atoms with Gasteiger partial charge in [0, 0.05) is 11.6 Å². The second-order valence-corrected chi connectivity index (χ2v) is 5.20. The van der Waals surface area contributed by atoms with Crippen molar-refractivity contribution < 1.29 is 14.3 Å². The number of nitrogens with one attached hydrogen (secondary N) is 1. The van der Waals surface area contributed by atoms with E-state index in [4.69, 9.17) is 11.6 Å². The maximum Gasteiger partial charge on any atom is 0.254 e. The van der Waals surface area contributed by atoms with Gasteiger partial charge < -0.3 is 10.4 Å². The molecule has 0 aliphatic carbocycles. The van der Waals surface area contributed by atoms with Crippen molar-refractivity contribution in [2.75, 3.05) is 6.54 Å². The first kappa shape index (κ1) is 15.5. The Kier molecular flexibility index (Phi) is 4.94. The van der Waals surface area contributed by atoms with Crippen molar-refractivity contribution in [2.24, 2.45) is 0 Å². The summed E-state index contributed by atoms with van der Waals surface area (Å²) in [6.07, 6.45) is -0.875. The van der Waals surface area contributed by atoms with E-state index in [1.165, 1.54) is 12.1 Å². The average Bonchev–Trinajstić information content (AvgIpc) is 2.45. The third-order valence-electron chi connectivity index (χ3n) is 3.08. The van der Waals surface area contributed by atoms with E-state index in [-0.39, 0.29) is 12.1 Å². The molecule has 2 rings (SSSR count). The van der Waals surface area contributed by atoms with Crippen LogP contribution in [0, 0.1) is 12.7 Å². The Morgan fingerprint density at radius 2 is 1.95 bits per heavy atom. The third-order valence-corrected chi connectivity index (χ3v) is 3.33. The number of carbonyl (C=O) groups is 1. The number of halogens is 2. The van der Waals surface area contributed by atoms with Gasteiger partial charge in [0.1, 0.15) is 5.82 Å². The normalized spacial score (nSPS) is 12.0. The lowest BCUT2D eigenvalue weighted by molar-refractivity contribution is 0.0912. The number of aliphatic hydroxyl groups excluding tert-OH is 1. The summed E-state index contributed by atoms with van der Waals surface area (Å²) < 4.78 is 13.7. The highest BCUT2D eigenvalue weighted by Crippen LogP contribution is 2.16. The Bertz CT molecular complexity index is 643. The van der Waals surface area contributed by atoms with Crippen LogP contribution in [0.4, 0.5) is 4.39 Å². The van der Waals surface area contributed by atoms with Crippen molar-refractivity contribution >= 4 is 17.5 Å². The number of amides is 1. The van der Waals surface area contributed by atoms with Crippen molar-refractivity contribution in [3.8, 4) is 0 Å².